The average molecular weight is 494 g/mol. The lowest BCUT2D eigenvalue weighted by Gasteiger charge is -2.39. The molecule has 0 bridgehead atoms. The fraction of sp³-hybridized carbons (Fsp3) is 0.567. The molecule has 3 aliphatic rings. The largest absolute Gasteiger partial charge is 0.497 e. The van der Waals surface area contributed by atoms with Crippen LogP contribution in [0.2, 0.25) is 0 Å². The van der Waals surface area contributed by atoms with Crippen LogP contribution >= 0.6 is 0 Å². The zero-order chi connectivity index (χ0) is 25.6. The van der Waals surface area contributed by atoms with E-state index < -0.39 is 5.60 Å². The van der Waals surface area contributed by atoms with Crippen molar-refractivity contribution < 1.29 is 24.1 Å². The van der Waals surface area contributed by atoms with Crippen molar-refractivity contribution in [3.63, 3.8) is 0 Å². The van der Waals surface area contributed by atoms with Crippen LogP contribution in [0.15, 0.2) is 48.5 Å². The van der Waals surface area contributed by atoms with E-state index in [1.165, 1.54) is 0 Å². The molecule has 3 heterocycles. The van der Waals surface area contributed by atoms with Crippen molar-refractivity contribution in [1.29, 1.82) is 0 Å². The maximum absolute atomic E-state index is 13.2. The smallest absolute Gasteiger partial charge is 0.253 e. The highest BCUT2D eigenvalue weighted by Crippen LogP contribution is 2.49. The van der Waals surface area contributed by atoms with Gasteiger partial charge < -0.3 is 24.2 Å². The lowest BCUT2D eigenvalue weighted by atomic mass is 9.74. The van der Waals surface area contributed by atoms with Gasteiger partial charge in [0.2, 0.25) is 0 Å². The number of carbonyl (C=O) groups excluding carboxylic acids is 1. The molecule has 3 saturated heterocycles. The maximum Gasteiger partial charge on any atom is 0.253 e. The van der Waals surface area contributed by atoms with Gasteiger partial charge in [-0.2, -0.15) is 0 Å². The van der Waals surface area contributed by atoms with Crippen LogP contribution in [0.5, 0.6) is 5.75 Å². The average Bonchev–Trinajstić information content (AvgIpc) is 3.50. The summed E-state index contributed by atoms with van der Waals surface area (Å²) in [5, 5.41) is 10.4. The van der Waals surface area contributed by atoms with Crippen molar-refractivity contribution in [3.05, 3.63) is 54.1 Å². The molecule has 3 aliphatic heterocycles. The van der Waals surface area contributed by atoms with Gasteiger partial charge in [0.05, 0.1) is 37.1 Å². The topological polar surface area (TPSA) is 68.2 Å². The minimum absolute atomic E-state index is 0.0382. The second-order valence-corrected chi connectivity index (χ2v) is 11.7. The summed E-state index contributed by atoms with van der Waals surface area (Å²) < 4.78 is 18.0. The summed E-state index contributed by atoms with van der Waals surface area (Å²) in [4.78, 5) is 15.2. The molecule has 1 spiro atoms. The van der Waals surface area contributed by atoms with E-state index in [1.54, 1.807) is 7.11 Å². The van der Waals surface area contributed by atoms with Gasteiger partial charge in [-0.15, -0.1) is 0 Å². The molecule has 3 atom stereocenters. The Morgan fingerprint density at radius 3 is 2.44 bits per heavy atom. The van der Waals surface area contributed by atoms with Gasteiger partial charge in [-0.1, -0.05) is 24.3 Å². The molecule has 194 valence electrons. The van der Waals surface area contributed by atoms with Crippen LogP contribution in [-0.4, -0.2) is 66.1 Å². The third kappa shape index (κ3) is 4.91. The Morgan fingerprint density at radius 2 is 1.81 bits per heavy atom. The van der Waals surface area contributed by atoms with Crippen molar-refractivity contribution in [2.75, 3.05) is 26.8 Å². The van der Waals surface area contributed by atoms with Crippen molar-refractivity contribution in [2.24, 2.45) is 5.41 Å². The Bertz CT molecular complexity index is 1080. The normalized spacial score (nSPS) is 28.0. The molecule has 5 rings (SSSR count). The number of piperidine rings is 1. The summed E-state index contributed by atoms with van der Waals surface area (Å²) >= 11 is 0. The van der Waals surface area contributed by atoms with Gasteiger partial charge in [0.15, 0.2) is 0 Å². The molecule has 0 aromatic heterocycles. The molecule has 2 aromatic rings. The molecule has 6 heteroatoms. The molecule has 6 nitrogen and oxygen atoms in total. The van der Waals surface area contributed by atoms with Crippen molar-refractivity contribution in [1.82, 2.24) is 4.90 Å². The maximum atomic E-state index is 13.2. The molecule has 0 radical (unpaired) electrons. The van der Waals surface area contributed by atoms with Crippen molar-refractivity contribution in [2.45, 2.75) is 76.3 Å². The van der Waals surface area contributed by atoms with Crippen LogP contribution in [0, 0.1) is 5.41 Å². The monoisotopic (exact) mass is 493 g/mol. The van der Waals surface area contributed by atoms with Gasteiger partial charge in [0, 0.05) is 18.7 Å². The molecular formula is C30H39NO5. The molecule has 0 unspecified atom stereocenters. The summed E-state index contributed by atoms with van der Waals surface area (Å²) in [6.07, 6.45) is 4.49. The highest BCUT2D eigenvalue weighted by molar-refractivity contribution is 5.94. The Morgan fingerprint density at radius 1 is 1.08 bits per heavy atom. The first-order valence-corrected chi connectivity index (χ1v) is 13.2. The van der Waals surface area contributed by atoms with Gasteiger partial charge in [-0.05, 0) is 93.7 Å². The Labute approximate surface area is 214 Å². The first-order chi connectivity index (χ1) is 17.1. The predicted octanol–water partition coefficient (Wildman–Crippen LogP) is 5.08. The van der Waals surface area contributed by atoms with Crippen LogP contribution in [0.4, 0.5) is 0 Å². The first-order valence-electron chi connectivity index (χ1n) is 13.2. The summed E-state index contributed by atoms with van der Waals surface area (Å²) in [5.74, 6) is 0.912. The van der Waals surface area contributed by atoms with Crippen LogP contribution in [0.25, 0.3) is 11.1 Å². The number of hydrogen-bond acceptors (Lipinski definition) is 5. The highest BCUT2D eigenvalue weighted by Gasteiger charge is 2.53. The number of carbonyl (C=O) groups is 1. The number of aliphatic hydroxyl groups is 1. The molecule has 0 saturated carbocycles. The lowest BCUT2D eigenvalue weighted by molar-refractivity contribution is -0.155. The van der Waals surface area contributed by atoms with Crippen molar-refractivity contribution in [3.8, 4) is 16.9 Å². The zero-order valence-electron chi connectivity index (χ0n) is 22.0. The fourth-order valence-corrected chi connectivity index (χ4v) is 6.10. The zero-order valence-corrected chi connectivity index (χ0v) is 22.0. The number of ether oxygens (including phenoxy) is 3. The van der Waals surface area contributed by atoms with E-state index in [-0.39, 0.29) is 29.1 Å². The minimum Gasteiger partial charge on any atom is -0.497 e. The number of rotatable bonds is 5. The van der Waals surface area contributed by atoms with Crippen molar-refractivity contribution >= 4 is 5.91 Å². The third-order valence-corrected chi connectivity index (χ3v) is 8.64. The number of amides is 1. The van der Waals surface area contributed by atoms with Gasteiger partial charge >= 0.3 is 0 Å². The van der Waals surface area contributed by atoms with E-state index >= 15 is 0 Å². The molecule has 3 fully saturated rings. The van der Waals surface area contributed by atoms with E-state index in [0.29, 0.717) is 0 Å². The lowest BCUT2D eigenvalue weighted by Crippen LogP contribution is -2.45. The van der Waals surface area contributed by atoms with E-state index in [4.69, 9.17) is 14.2 Å². The highest BCUT2D eigenvalue weighted by atomic mass is 16.6. The van der Waals surface area contributed by atoms with Gasteiger partial charge in [-0.3, -0.25) is 4.79 Å². The minimum atomic E-state index is -0.841. The van der Waals surface area contributed by atoms with Crippen LogP contribution in [0.3, 0.4) is 0 Å². The van der Waals surface area contributed by atoms with Gasteiger partial charge in [0.25, 0.3) is 5.91 Å². The first kappa shape index (κ1) is 25.2. The molecular weight excluding hydrogens is 454 g/mol. The molecule has 36 heavy (non-hydrogen) atoms. The standard InChI is InChI=1S/C30H39NO5/c1-28(2,33)25-12-13-29(3,36-25)26-19-30(20-35-26)14-16-31(17-15-30)27(32)22-10-8-21(9-11-22)23-6-5-7-24(18-23)34-4/h5-11,18,25-26,33H,12-17,19-20H2,1-4H3/t25-,26+,29+/m0/s1. The summed E-state index contributed by atoms with van der Waals surface area (Å²) in [7, 11) is 1.66. The van der Waals surface area contributed by atoms with E-state index in [1.807, 2.05) is 67.3 Å². The predicted molar refractivity (Wildman–Crippen MR) is 139 cm³/mol. The molecule has 1 amide bonds. The van der Waals surface area contributed by atoms with Crippen LogP contribution < -0.4 is 4.74 Å². The number of benzene rings is 2. The summed E-state index contributed by atoms with van der Waals surface area (Å²) in [6, 6.07) is 15.8. The van der Waals surface area contributed by atoms with E-state index in [2.05, 4.69) is 6.92 Å². The molecule has 0 aliphatic carbocycles. The van der Waals surface area contributed by atoms with Gasteiger partial charge in [0.1, 0.15) is 5.75 Å². The molecule has 1 N–H and O–H groups in total. The fourth-order valence-electron chi connectivity index (χ4n) is 6.10. The Hall–Kier alpha value is -2.41. The summed E-state index contributed by atoms with van der Waals surface area (Å²) in [6.45, 7) is 7.99. The van der Waals surface area contributed by atoms with Crippen LogP contribution in [-0.2, 0) is 9.47 Å². The number of nitrogens with zero attached hydrogens (tertiary/aromatic N) is 1. The van der Waals surface area contributed by atoms with Crippen LogP contribution in [0.1, 0.15) is 63.2 Å². The quantitative estimate of drug-likeness (QED) is 0.629. The Kier molecular flexibility index (Phi) is 6.64. The second kappa shape index (κ2) is 9.47. The molecule has 2 aromatic carbocycles. The van der Waals surface area contributed by atoms with E-state index in [0.717, 1.165) is 74.2 Å². The number of likely N-dealkylation sites (tertiary alicyclic amines) is 1. The number of hydrogen-bond donors (Lipinski definition) is 1. The Balaban J connectivity index is 1.18. The summed E-state index contributed by atoms with van der Waals surface area (Å²) in [5.41, 5.74) is 1.76. The third-order valence-electron chi connectivity index (χ3n) is 8.64. The number of methoxy groups -OCH3 is 1. The SMILES string of the molecule is COc1cccc(-c2ccc(C(=O)N3CCC4(CC3)CO[C@@H]([C@@]3(C)CC[C@@H](C(C)(C)O)O3)C4)cc2)c1. The van der Waals surface area contributed by atoms with Gasteiger partial charge in [-0.25, -0.2) is 0 Å². The second-order valence-electron chi connectivity index (χ2n) is 11.7. The van der Waals surface area contributed by atoms with E-state index in [9.17, 15) is 9.90 Å².